The third-order valence-corrected chi connectivity index (χ3v) is 6.56. The van der Waals surface area contributed by atoms with Crippen LogP contribution in [0.2, 0.25) is 0 Å². The summed E-state index contributed by atoms with van der Waals surface area (Å²) in [5, 5.41) is 2.71. The minimum atomic E-state index is -3.20. The summed E-state index contributed by atoms with van der Waals surface area (Å²) in [5.74, 6) is 0.780. The number of hydrogen-bond acceptors (Lipinski definition) is 7. The number of carbonyl (C=O) groups excluding carboxylic acids is 1. The van der Waals surface area contributed by atoms with Crippen molar-refractivity contribution in [3.63, 3.8) is 0 Å². The molecule has 0 unspecified atom stereocenters. The zero-order valence-corrected chi connectivity index (χ0v) is 16.8. The Labute approximate surface area is 164 Å². The van der Waals surface area contributed by atoms with Gasteiger partial charge in [-0.05, 0) is 25.5 Å². The molecule has 3 heterocycles. The molecule has 0 aliphatic carbocycles. The Morgan fingerprint density at radius 1 is 1.18 bits per heavy atom. The molecule has 9 nitrogen and oxygen atoms in total. The van der Waals surface area contributed by atoms with E-state index in [2.05, 4.69) is 20.3 Å². The Balaban J connectivity index is 1.71. The number of rotatable bonds is 6. The molecule has 0 aromatic carbocycles. The first-order chi connectivity index (χ1) is 13.4. The summed E-state index contributed by atoms with van der Waals surface area (Å²) >= 11 is 0. The van der Waals surface area contributed by atoms with E-state index in [-0.39, 0.29) is 17.4 Å². The van der Waals surface area contributed by atoms with E-state index in [1.165, 1.54) is 4.31 Å². The zero-order chi connectivity index (χ0) is 20.1. The van der Waals surface area contributed by atoms with Crippen LogP contribution in [0, 0.1) is 6.92 Å². The van der Waals surface area contributed by atoms with Gasteiger partial charge in [0, 0.05) is 32.4 Å². The minimum Gasteiger partial charge on any atom is -0.353 e. The van der Waals surface area contributed by atoms with Crippen LogP contribution in [0.4, 0.5) is 11.6 Å². The topological polar surface area (TPSA) is 108 Å². The Morgan fingerprint density at radius 3 is 2.57 bits per heavy atom. The third kappa shape index (κ3) is 4.63. The molecule has 0 saturated carbocycles. The number of anilines is 2. The van der Waals surface area contributed by atoms with Gasteiger partial charge in [0.05, 0.1) is 17.6 Å². The molecule has 0 atom stereocenters. The molecule has 28 heavy (non-hydrogen) atoms. The van der Waals surface area contributed by atoms with Gasteiger partial charge < -0.3 is 10.2 Å². The summed E-state index contributed by atoms with van der Waals surface area (Å²) in [4.78, 5) is 27.4. The fourth-order valence-corrected chi connectivity index (χ4v) is 4.50. The van der Waals surface area contributed by atoms with E-state index in [0.717, 1.165) is 0 Å². The van der Waals surface area contributed by atoms with Crippen molar-refractivity contribution in [3.8, 4) is 0 Å². The molecule has 1 N–H and O–H groups in total. The molecule has 1 amide bonds. The predicted octanol–water partition coefficient (Wildman–Crippen LogP) is 1.29. The van der Waals surface area contributed by atoms with Crippen LogP contribution in [0.25, 0.3) is 0 Å². The second-order valence-corrected chi connectivity index (χ2v) is 8.62. The molecule has 150 valence electrons. The first-order valence-electron chi connectivity index (χ1n) is 9.19. The number of aryl methyl sites for hydroxylation is 1. The van der Waals surface area contributed by atoms with E-state index < -0.39 is 10.0 Å². The number of nitrogens with zero attached hydrogens (tertiary/aromatic N) is 5. The van der Waals surface area contributed by atoms with Crippen LogP contribution in [-0.2, 0) is 10.0 Å². The van der Waals surface area contributed by atoms with Crippen molar-refractivity contribution in [2.75, 3.05) is 42.1 Å². The van der Waals surface area contributed by atoms with Crippen molar-refractivity contribution in [3.05, 3.63) is 42.0 Å². The van der Waals surface area contributed by atoms with E-state index in [1.54, 1.807) is 37.5 Å². The largest absolute Gasteiger partial charge is 0.353 e. The van der Waals surface area contributed by atoms with E-state index in [4.69, 9.17) is 0 Å². The molecule has 1 aliphatic heterocycles. The highest BCUT2D eigenvalue weighted by Gasteiger charge is 2.27. The lowest BCUT2D eigenvalue weighted by atomic mass is 10.3. The lowest BCUT2D eigenvalue weighted by Gasteiger charge is -2.34. The van der Waals surface area contributed by atoms with Crippen LogP contribution >= 0.6 is 0 Å². The van der Waals surface area contributed by atoms with Crippen molar-refractivity contribution in [2.45, 2.75) is 20.3 Å². The van der Waals surface area contributed by atoms with Gasteiger partial charge in [-0.1, -0.05) is 13.0 Å². The molecule has 0 spiro atoms. The van der Waals surface area contributed by atoms with Crippen LogP contribution in [0.5, 0.6) is 0 Å². The van der Waals surface area contributed by atoms with Gasteiger partial charge in [0.2, 0.25) is 10.0 Å². The summed E-state index contributed by atoms with van der Waals surface area (Å²) in [6, 6.07) is 5.24. The van der Waals surface area contributed by atoms with Crippen LogP contribution in [0.15, 0.2) is 30.6 Å². The SMILES string of the molecule is CCCS(=O)(=O)N1CCN(c2cnc(C)c(C(=O)Nc3ccccn3)n2)CC1. The lowest BCUT2D eigenvalue weighted by Crippen LogP contribution is -2.49. The zero-order valence-electron chi connectivity index (χ0n) is 16.0. The van der Waals surface area contributed by atoms with Gasteiger partial charge in [0.1, 0.15) is 11.6 Å². The number of amides is 1. The summed E-state index contributed by atoms with van der Waals surface area (Å²) < 4.78 is 25.9. The normalized spacial score (nSPS) is 15.4. The maximum atomic E-state index is 12.6. The standard InChI is InChI=1S/C18H24N6O3S/c1-3-12-28(26,27)24-10-8-23(9-11-24)16-13-20-14(2)17(22-16)18(25)21-15-6-4-5-7-19-15/h4-7,13H,3,8-12H2,1-2H3,(H,19,21,25). The second kappa shape index (κ2) is 8.61. The van der Waals surface area contributed by atoms with E-state index in [1.807, 2.05) is 11.8 Å². The Morgan fingerprint density at radius 2 is 1.93 bits per heavy atom. The second-order valence-electron chi connectivity index (χ2n) is 6.53. The maximum Gasteiger partial charge on any atom is 0.277 e. The van der Waals surface area contributed by atoms with E-state index >= 15 is 0 Å². The number of nitrogens with one attached hydrogen (secondary N) is 1. The van der Waals surface area contributed by atoms with Crippen LogP contribution in [-0.4, -0.2) is 65.5 Å². The number of aromatic nitrogens is 3. The molecule has 3 rings (SSSR count). The summed E-state index contributed by atoms with van der Waals surface area (Å²) in [6.07, 6.45) is 3.81. The van der Waals surface area contributed by atoms with E-state index in [0.29, 0.717) is 49.9 Å². The average Bonchev–Trinajstić information content (AvgIpc) is 2.69. The number of hydrogen-bond donors (Lipinski definition) is 1. The molecule has 1 fully saturated rings. The molecular formula is C18H24N6O3S. The van der Waals surface area contributed by atoms with Gasteiger partial charge in [0.25, 0.3) is 5.91 Å². The quantitative estimate of drug-likeness (QED) is 0.773. The van der Waals surface area contributed by atoms with Crippen LogP contribution in [0.1, 0.15) is 29.5 Å². The molecule has 2 aromatic heterocycles. The summed E-state index contributed by atoms with van der Waals surface area (Å²) in [5.41, 5.74) is 0.741. The highest BCUT2D eigenvalue weighted by Crippen LogP contribution is 2.17. The molecule has 1 saturated heterocycles. The summed E-state index contributed by atoms with van der Waals surface area (Å²) in [6.45, 7) is 5.37. The first kappa shape index (κ1) is 20.2. The average molecular weight is 404 g/mol. The van der Waals surface area contributed by atoms with Gasteiger partial charge >= 0.3 is 0 Å². The predicted molar refractivity (Wildman–Crippen MR) is 107 cm³/mol. The van der Waals surface area contributed by atoms with Gasteiger partial charge in [-0.3, -0.25) is 9.78 Å². The Kier molecular flexibility index (Phi) is 6.20. The number of piperazine rings is 1. The van der Waals surface area contributed by atoms with Crippen molar-refractivity contribution in [1.29, 1.82) is 0 Å². The fraction of sp³-hybridized carbons (Fsp3) is 0.444. The minimum absolute atomic E-state index is 0.162. The van der Waals surface area contributed by atoms with Gasteiger partial charge in [-0.15, -0.1) is 0 Å². The number of carbonyl (C=O) groups is 1. The molecule has 2 aromatic rings. The smallest absolute Gasteiger partial charge is 0.277 e. The van der Waals surface area contributed by atoms with Crippen molar-refractivity contribution >= 4 is 27.6 Å². The maximum absolute atomic E-state index is 12.6. The Hall–Kier alpha value is -2.59. The molecule has 0 bridgehead atoms. The van der Waals surface area contributed by atoms with Gasteiger partial charge in [-0.2, -0.15) is 4.31 Å². The molecule has 1 aliphatic rings. The highest BCUT2D eigenvalue weighted by atomic mass is 32.2. The number of pyridine rings is 1. The van der Waals surface area contributed by atoms with Crippen molar-refractivity contribution in [1.82, 2.24) is 19.3 Å². The van der Waals surface area contributed by atoms with E-state index in [9.17, 15) is 13.2 Å². The van der Waals surface area contributed by atoms with Crippen molar-refractivity contribution in [2.24, 2.45) is 0 Å². The van der Waals surface area contributed by atoms with Gasteiger partial charge in [0.15, 0.2) is 5.69 Å². The highest BCUT2D eigenvalue weighted by molar-refractivity contribution is 7.89. The number of sulfonamides is 1. The molecular weight excluding hydrogens is 380 g/mol. The summed E-state index contributed by atoms with van der Waals surface area (Å²) in [7, 11) is -3.20. The Bertz CT molecular complexity index is 928. The third-order valence-electron chi connectivity index (χ3n) is 4.48. The van der Waals surface area contributed by atoms with Crippen LogP contribution < -0.4 is 10.2 Å². The van der Waals surface area contributed by atoms with Crippen molar-refractivity contribution < 1.29 is 13.2 Å². The lowest BCUT2D eigenvalue weighted by molar-refractivity contribution is 0.102. The fourth-order valence-electron chi connectivity index (χ4n) is 3.00. The molecule has 10 heteroatoms. The molecule has 0 radical (unpaired) electrons. The van der Waals surface area contributed by atoms with Gasteiger partial charge in [-0.25, -0.2) is 18.4 Å². The first-order valence-corrected chi connectivity index (χ1v) is 10.8. The monoisotopic (exact) mass is 404 g/mol. The van der Waals surface area contributed by atoms with Crippen LogP contribution in [0.3, 0.4) is 0 Å².